The summed E-state index contributed by atoms with van der Waals surface area (Å²) in [6, 6.07) is 15.9. The molecule has 0 atom stereocenters. The van der Waals surface area contributed by atoms with Gasteiger partial charge < -0.3 is 10.5 Å². The van der Waals surface area contributed by atoms with Crippen molar-refractivity contribution in [1.29, 1.82) is 0 Å². The van der Waals surface area contributed by atoms with Gasteiger partial charge in [-0.3, -0.25) is 9.36 Å². The van der Waals surface area contributed by atoms with E-state index in [1.54, 1.807) is 11.5 Å². The Hall–Kier alpha value is -2.59. The fraction of sp³-hybridized carbons (Fsp3) is 0.211. The highest BCUT2D eigenvalue weighted by Gasteiger charge is 2.11. The van der Waals surface area contributed by atoms with Crippen LogP contribution in [-0.2, 0) is 13.0 Å². The highest BCUT2D eigenvalue weighted by molar-refractivity contribution is 5.94. The third kappa shape index (κ3) is 3.27. The summed E-state index contributed by atoms with van der Waals surface area (Å²) in [5.41, 5.74) is 8.77. The molecule has 0 saturated carbocycles. The van der Waals surface area contributed by atoms with Gasteiger partial charge in [-0.2, -0.15) is 0 Å². The maximum absolute atomic E-state index is 11.8. The molecule has 0 aliphatic carbocycles. The first-order chi connectivity index (χ1) is 11.2. The molecule has 1 heterocycles. The molecule has 1 aromatic heterocycles. The van der Waals surface area contributed by atoms with Gasteiger partial charge in [0.1, 0.15) is 12.4 Å². The number of aromatic nitrogens is 1. The quantitative estimate of drug-likeness (QED) is 0.786. The first-order valence-corrected chi connectivity index (χ1v) is 7.71. The molecule has 0 aliphatic heterocycles. The molecule has 4 heteroatoms. The third-order valence-electron chi connectivity index (χ3n) is 3.86. The molecule has 3 rings (SSSR count). The van der Waals surface area contributed by atoms with Crippen molar-refractivity contribution >= 4 is 16.8 Å². The first kappa shape index (κ1) is 15.3. The van der Waals surface area contributed by atoms with Crippen LogP contribution in [0.1, 0.15) is 22.8 Å². The maximum atomic E-state index is 11.8. The van der Waals surface area contributed by atoms with Crippen molar-refractivity contribution in [3.05, 3.63) is 65.9 Å². The third-order valence-corrected chi connectivity index (χ3v) is 3.86. The zero-order valence-corrected chi connectivity index (χ0v) is 13.2. The van der Waals surface area contributed by atoms with Crippen LogP contribution in [0.4, 0.5) is 0 Å². The Labute approximate surface area is 135 Å². The van der Waals surface area contributed by atoms with Gasteiger partial charge in [-0.1, -0.05) is 30.3 Å². The van der Waals surface area contributed by atoms with Gasteiger partial charge in [0.2, 0.25) is 5.91 Å². The van der Waals surface area contributed by atoms with E-state index in [2.05, 4.69) is 0 Å². The van der Waals surface area contributed by atoms with Crippen molar-refractivity contribution in [3.63, 3.8) is 0 Å². The van der Waals surface area contributed by atoms with Gasteiger partial charge in [-0.05, 0) is 42.3 Å². The largest absolute Gasteiger partial charge is 0.489 e. The van der Waals surface area contributed by atoms with Crippen LogP contribution in [0.15, 0.2) is 54.7 Å². The Balaban J connectivity index is 1.91. The lowest BCUT2D eigenvalue weighted by Gasteiger charge is -2.07. The molecule has 0 aliphatic rings. The van der Waals surface area contributed by atoms with E-state index in [-0.39, 0.29) is 5.91 Å². The molecule has 0 bridgehead atoms. The van der Waals surface area contributed by atoms with Crippen LogP contribution < -0.4 is 10.5 Å². The minimum atomic E-state index is -0.00350. The summed E-state index contributed by atoms with van der Waals surface area (Å²) >= 11 is 0. The molecule has 3 aromatic rings. The van der Waals surface area contributed by atoms with Gasteiger partial charge in [-0.15, -0.1) is 0 Å². The lowest BCUT2D eigenvalue weighted by molar-refractivity contribution is 0.0941. The van der Waals surface area contributed by atoms with E-state index in [4.69, 9.17) is 10.5 Å². The highest BCUT2D eigenvalue weighted by Crippen LogP contribution is 2.27. The second-order valence-electron chi connectivity index (χ2n) is 5.54. The van der Waals surface area contributed by atoms with E-state index >= 15 is 0 Å². The SMILES string of the molecule is CC(=O)n1cc(CCN)c2cc(OCc3ccccc3)ccc21. The fourth-order valence-electron chi connectivity index (χ4n) is 2.72. The topological polar surface area (TPSA) is 57.2 Å². The van der Waals surface area contributed by atoms with Crippen molar-refractivity contribution < 1.29 is 9.53 Å². The van der Waals surface area contributed by atoms with Crippen molar-refractivity contribution in [1.82, 2.24) is 4.57 Å². The summed E-state index contributed by atoms with van der Waals surface area (Å²) in [5.74, 6) is 0.789. The number of rotatable bonds is 5. The van der Waals surface area contributed by atoms with E-state index in [1.165, 1.54) is 0 Å². The fourth-order valence-corrected chi connectivity index (χ4v) is 2.72. The van der Waals surface area contributed by atoms with Crippen LogP contribution in [0, 0.1) is 0 Å². The number of carbonyl (C=O) groups excluding carboxylic acids is 1. The summed E-state index contributed by atoms with van der Waals surface area (Å²) in [4.78, 5) is 11.8. The van der Waals surface area contributed by atoms with Crippen molar-refractivity contribution in [2.75, 3.05) is 6.54 Å². The van der Waals surface area contributed by atoms with Crippen LogP contribution in [0.5, 0.6) is 5.75 Å². The Morgan fingerprint density at radius 3 is 2.65 bits per heavy atom. The Morgan fingerprint density at radius 2 is 1.96 bits per heavy atom. The minimum Gasteiger partial charge on any atom is -0.489 e. The molecular weight excluding hydrogens is 288 g/mol. The number of benzene rings is 2. The lowest BCUT2D eigenvalue weighted by atomic mass is 10.1. The van der Waals surface area contributed by atoms with Crippen LogP contribution >= 0.6 is 0 Å². The summed E-state index contributed by atoms with van der Waals surface area (Å²) in [7, 11) is 0. The Bertz CT molecular complexity index is 822. The molecule has 0 amide bonds. The number of hydrogen-bond donors (Lipinski definition) is 1. The lowest BCUT2D eigenvalue weighted by Crippen LogP contribution is -2.04. The van der Waals surface area contributed by atoms with Crippen LogP contribution in [0.25, 0.3) is 10.9 Å². The molecule has 2 N–H and O–H groups in total. The van der Waals surface area contributed by atoms with Crippen LogP contribution in [-0.4, -0.2) is 17.0 Å². The number of nitrogens with two attached hydrogens (primary N) is 1. The summed E-state index contributed by atoms with van der Waals surface area (Å²) in [6.45, 7) is 2.63. The summed E-state index contributed by atoms with van der Waals surface area (Å²) < 4.78 is 7.55. The van der Waals surface area contributed by atoms with Crippen LogP contribution in [0.2, 0.25) is 0 Å². The summed E-state index contributed by atoms with van der Waals surface area (Å²) in [5, 5.41) is 1.02. The molecule has 0 spiro atoms. The van der Waals surface area contributed by atoms with E-state index < -0.39 is 0 Å². The number of hydrogen-bond acceptors (Lipinski definition) is 3. The number of nitrogens with zero attached hydrogens (tertiary/aromatic N) is 1. The molecule has 23 heavy (non-hydrogen) atoms. The Kier molecular flexibility index (Phi) is 4.44. The highest BCUT2D eigenvalue weighted by atomic mass is 16.5. The second-order valence-corrected chi connectivity index (χ2v) is 5.54. The number of carbonyl (C=O) groups is 1. The smallest absolute Gasteiger partial charge is 0.227 e. The molecular formula is C19H20N2O2. The van der Waals surface area contributed by atoms with Crippen molar-refractivity contribution in [2.24, 2.45) is 5.73 Å². The minimum absolute atomic E-state index is 0.00350. The van der Waals surface area contributed by atoms with Gasteiger partial charge in [0.05, 0.1) is 5.52 Å². The van der Waals surface area contributed by atoms with Gasteiger partial charge in [0.25, 0.3) is 0 Å². The number of ether oxygens (including phenoxy) is 1. The van der Waals surface area contributed by atoms with Crippen LogP contribution in [0.3, 0.4) is 0 Å². The first-order valence-electron chi connectivity index (χ1n) is 7.71. The second kappa shape index (κ2) is 6.67. The molecule has 0 fully saturated rings. The van der Waals surface area contributed by atoms with Gasteiger partial charge >= 0.3 is 0 Å². The van der Waals surface area contributed by atoms with E-state index in [0.29, 0.717) is 13.2 Å². The van der Waals surface area contributed by atoms with E-state index in [1.807, 2.05) is 54.7 Å². The average Bonchev–Trinajstić information content (AvgIpc) is 2.93. The molecule has 0 unspecified atom stereocenters. The Morgan fingerprint density at radius 1 is 1.17 bits per heavy atom. The molecule has 0 saturated heterocycles. The molecule has 2 aromatic carbocycles. The standard InChI is InChI=1S/C19H20N2O2/c1-14(22)21-12-16(9-10-20)18-11-17(7-8-19(18)21)23-13-15-5-3-2-4-6-15/h2-8,11-12H,9-10,13,20H2,1H3. The van der Waals surface area contributed by atoms with Gasteiger partial charge in [-0.25, -0.2) is 0 Å². The summed E-state index contributed by atoms with van der Waals surface area (Å²) in [6.07, 6.45) is 2.61. The molecule has 0 radical (unpaired) electrons. The van der Waals surface area contributed by atoms with Gasteiger partial charge in [0, 0.05) is 18.5 Å². The normalized spacial score (nSPS) is 10.9. The average molecular weight is 308 g/mol. The maximum Gasteiger partial charge on any atom is 0.227 e. The monoisotopic (exact) mass is 308 g/mol. The van der Waals surface area contributed by atoms with Gasteiger partial charge in [0.15, 0.2) is 0 Å². The van der Waals surface area contributed by atoms with E-state index in [9.17, 15) is 4.79 Å². The zero-order chi connectivity index (χ0) is 16.2. The van der Waals surface area contributed by atoms with E-state index in [0.717, 1.165) is 34.2 Å². The predicted octanol–water partition coefficient (Wildman–Crippen LogP) is 3.38. The predicted molar refractivity (Wildman–Crippen MR) is 91.8 cm³/mol. The van der Waals surface area contributed by atoms with Crippen molar-refractivity contribution in [3.8, 4) is 5.75 Å². The number of fused-ring (bicyclic) bond motifs is 1. The molecule has 118 valence electrons. The zero-order valence-electron chi connectivity index (χ0n) is 13.2. The molecule has 4 nitrogen and oxygen atoms in total. The van der Waals surface area contributed by atoms with Crippen molar-refractivity contribution in [2.45, 2.75) is 20.0 Å².